The maximum absolute atomic E-state index is 11.1. The fraction of sp³-hybridized carbons (Fsp3) is 0.917. The molecule has 2 fully saturated rings. The predicted octanol–water partition coefficient (Wildman–Crippen LogP) is 2.39. The van der Waals surface area contributed by atoms with E-state index in [1.807, 2.05) is 11.8 Å². The Morgan fingerprint density at radius 1 is 1.19 bits per heavy atom. The van der Waals surface area contributed by atoms with Gasteiger partial charge in [0.2, 0.25) is 0 Å². The van der Waals surface area contributed by atoms with E-state index in [1.165, 1.54) is 25.7 Å². The Morgan fingerprint density at radius 2 is 1.81 bits per heavy atom. The lowest BCUT2D eigenvalue weighted by molar-refractivity contribution is -0.144. The number of aliphatic carboxylic acids is 1. The van der Waals surface area contributed by atoms with Gasteiger partial charge in [0.1, 0.15) is 5.54 Å². The highest BCUT2D eigenvalue weighted by Crippen LogP contribution is 2.40. The Labute approximate surface area is 101 Å². The first-order valence-electron chi connectivity index (χ1n) is 6.28. The molecule has 0 spiro atoms. The number of rotatable bonds is 3. The molecule has 2 saturated carbocycles. The van der Waals surface area contributed by atoms with Crippen LogP contribution in [0.15, 0.2) is 0 Å². The van der Waals surface area contributed by atoms with E-state index in [9.17, 15) is 4.79 Å². The molecule has 16 heavy (non-hydrogen) atoms. The number of nitrogens with two attached hydrogens (primary N) is 1. The fourth-order valence-electron chi connectivity index (χ4n) is 2.86. The summed E-state index contributed by atoms with van der Waals surface area (Å²) in [5.41, 5.74) is 5.00. The summed E-state index contributed by atoms with van der Waals surface area (Å²) in [6.45, 7) is 0. The second-order valence-corrected chi connectivity index (χ2v) is 6.83. The molecular formula is C12H21NO2S. The Hall–Kier alpha value is -0.220. The number of carbonyl (C=O) groups is 1. The van der Waals surface area contributed by atoms with E-state index in [2.05, 4.69) is 0 Å². The summed E-state index contributed by atoms with van der Waals surface area (Å²) in [6.07, 6.45) is 8.72. The Kier molecular flexibility index (Phi) is 3.80. The maximum atomic E-state index is 11.1. The molecule has 0 bridgehead atoms. The van der Waals surface area contributed by atoms with Crippen LogP contribution in [-0.2, 0) is 4.79 Å². The van der Waals surface area contributed by atoms with Gasteiger partial charge in [0, 0.05) is 10.5 Å². The molecule has 92 valence electrons. The zero-order valence-electron chi connectivity index (χ0n) is 9.65. The first kappa shape index (κ1) is 12.2. The summed E-state index contributed by atoms with van der Waals surface area (Å²) in [7, 11) is 0. The highest BCUT2D eigenvalue weighted by molar-refractivity contribution is 8.00. The van der Waals surface area contributed by atoms with Crippen molar-refractivity contribution in [2.45, 2.75) is 67.4 Å². The normalized spacial score (nSPS) is 36.4. The highest BCUT2D eigenvalue weighted by Gasteiger charge is 2.40. The molecule has 3 N–H and O–H groups in total. The largest absolute Gasteiger partial charge is 0.480 e. The van der Waals surface area contributed by atoms with Gasteiger partial charge in [-0.2, -0.15) is 11.8 Å². The molecule has 2 aliphatic carbocycles. The number of carboxylic acid groups (broad SMARTS) is 1. The number of thioether (sulfide) groups is 1. The van der Waals surface area contributed by atoms with Gasteiger partial charge in [0.25, 0.3) is 0 Å². The molecule has 2 rings (SSSR count). The van der Waals surface area contributed by atoms with Crippen LogP contribution in [0, 0.1) is 0 Å². The maximum Gasteiger partial charge on any atom is 0.323 e. The second kappa shape index (κ2) is 4.96. The zero-order valence-corrected chi connectivity index (χ0v) is 10.5. The van der Waals surface area contributed by atoms with Crippen molar-refractivity contribution in [2.75, 3.05) is 0 Å². The third-order valence-electron chi connectivity index (χ3n) is 3.85. The molecule has 0 heterocycles. The molecule has 2 unspecified atom stereocenters. The van der Waals surface area contributed by atoms with E-state index >= 15 is 0 Å². The fourth-order valence-corrected chi connectivity index (χ4v) is 4.71. The monoisotopic (exact) mass is 243 g/mol. The zero-order chi connectivity index (χ0) is 11.6. The van der Waals surface area contributed by atoms with Crippen LogP contribution < -0.4 is 5.73 Å². The number of carboxylic acids is 1. The van der Waals surface area contributed by atoms with Crippen LogP contribution in [-0.4, -0.2) is 27.1 Å². The SMILES string of the molecule is NC1(C(=O)O)CCCC(SC2CCCC2)C1. The standard InChI is InChI=1S/C12H21NO2S/c13-12(11(14)15)7-3-6-10(8-12)16-9-4-1-2-5-9/h9-10H,1-8,13H2,(H,14,15). The molecule has 0 amide bonds. The summed E-state index contributed by atoms with van der Waals surface area (Å²) in [5.74, 6) is -0.816. The van der Waals surface area contributed by atoms with Crippen LogP contribution in [0.2, 0.25) is 0 Å². The van der Waals surface area contributed by atoms with Crippen LogP contribution in [0.25, 0.3) is 0 Å². The van der Waals surface area contributed by atoms with Gasteiger partial charge >= 0.3 is 5.97 Å². The topological polar surface area (TPSA) is 63.3 Å². The minimum absolute atomic E-state index is 0.470. The van der Waals surface area contributed by atoms with Crippen molar-refractivity contribution in [1.82, 2.24) is 0 Å². The summed E-state index contributed by atoms with van der Waals surface area (Å²) in [4.78, 5) is 11.1. The molecule has 0 radical (unpaired) electrons. The van der Waals surface area contributed by atoms with Gasteiger partial charge in [-0.1, -0.05) is 12.8 Å². The van der Waals surface area contributed by atoms with Gasteiger partial charge in [-0.15, -0.1) is 0 Å². The lowest BCUT2D eigenvalue weighted by Crippen LogP contribution is -2.52. The van der Waals surface area contributed by atoms with Gasteiger partial charge in [0.15, 0.2) is 0 Å². The van der Waals surface area contributed by atoms with Crippen LogP contribution in [0.5, 0.6) is 0 Å². The van der Waals surface area contributed by atoms with Gasteiger partial charge in [-0.25, -0.2) is 0 Å². The van der Waals surface area contributed by atoms with Crippen LogP contribution in [0.4, 0.5) is 0 Å². The summed E-state index contributed by atoms with van der Waals surface area (Å²) in [5, 5.41) is 10.4. The third-order valence-corrected chi connectivity index (χ3v) is 5.50. The Morgan fingerprint density at radius 3 is 2.44 bits per heavy atom. The van der Waals surface area contributed by atoms with Gasteiger partial charge < -0.3 is 10.8 Å². The first-order valence-corrected chi connectivity index (χ1v) is 7.22. The molecule has 3 nitrogen and oxygen atoms in total. The average molecular weight is 243 g/mol. The van der Waals surface area contributed by atoms with Crippen molar-refractivity contribution >= 4 is 17.7 Å². The Balaban J connectivity index is 1.88. The molecular weight excluding hydrogens is 222 g/mol. The third kappa shape index (κ3) is 2.72. The van der Waals surface area contributed by atoms with Crippen molar-refractivity contribution in [2.24, 2.45) is 5.73 Å². The predicted molar refractivity (Wildman–Crippen MR) is 66.7 cm³/mol. The molecule has 2 atom stereocenters. The van der Waals surface area contributed by atoms with Crippen molar-refractivity contribution in [3.63, 3.8) is 0 Å². The average Bonchev–Trinajstić information content (AvgIpc) is 2.70. The molecule has 0 saturated heterocycles. The number of hydrogen-bond donors (Lipinski definition) is 2. The molecule has 4 heteroatoms. The molecule has 0 aromatic heterocycles. The minimum atomic E-state index is -0.950. The summed E-state index contributed by atoms with van der Waals surface area (Å²) < 4.78 is 0. The molecule has 0 aliphatic heterocycles. The van der Waals surface area contributed by atoms with Gasteiger partial charge in [-0.3, -0.25) is 4.79 Å². The van der Waals surface area contributed by atoms with E-state index < -0.39 is 11.5 Å². The van der Waals surface area contributed by atoms with E-state index in [0.717, 1.165) is 18.1 Å². The minimum Gasteiger partial charge on any atom is -0.480 e. The first-order chi connectivity index (χ1) is 7.60. The Bertz CT molecular complexity index is 266. The molecule has 2 aliphatic rings. The van der Waals surface area contributed by atoms with E-state index in [-0.39, 0.29) is 0 Å². The van der Waals surface area contributed by atoms with Gasteiger partial charge in [-0.05, 0) is 38.5 Å². The van der Waals surface area contributed by atoms with E-state index in [0.29, 0.717) is 18.1 Å². The van der Waals surface area contributed by atoms with Gasteiger partial charge in [0.05, 0.1) is 0 Å². The lowest BCUT2D eigenvalue weighted by atomic mass is 9.82. The highest BCUT2D eigenvalue weighted by atomic mass is 32.2. The van der Waals surface area contributed by atoms with E-state index in [4.69, 9.17) is 10.8 Å². The van der Waals surface area contributed by atoms with Crippen LogP contribution in [0.3, 0.4) is 0 Å². The quantitative estimate of drug-likeness (QED) is 0.799. The second-order valence-electron chi connectivity index (χ2n) is 5.22. The number of hydrogen-bond acceptors (Lipinski definition) is 3. The van der Waals surface area contributed by atoms with E-state index in [1.54, 1.807) is 0 Å². The van der Waals surface area contributed by atoms with Crippen molar-refractivity contribution in [3.8, 4) is 0 Å². The van der Waals surface area contributed by atoms with Crippen LogP contribution >= 0.6 is 11.8 Å². The molecule has 0 aromatic carbocycles. The smallest absolute Gasteiger partial charge is 0.323 e. The van der Waals surface area contributed by atoms with Crippen molar-refractivity contribution in [3.05, 3.63) is 0 Å². The van der Waals surface area contributed by atoms with Crippen molar-refractivity contribution in [1.29, 1.82) is 0 Å². The van der Waals surface area contributed by atoms with Crippen LogP contribution in [0.1, 0.15) is 51.4 Å². The molecule has 0 aromatic rings. The summed E-state index contributed by atoms with van der Waals surface area (Å²) in [6, 6.07) is 0. The summed E-state index contributed by atoms with van der Waals surface area (Å²) >= 11 is 2.00. The lowest BCUT2D eigenvalue weighted by Gasteiger charge is -2.35. The van der Waals surface area contributed by atoms with Crippen molar-refractivity contribution < 1.29 is 9.90 Å².